The molecule has 2 N–H and O–H groups in total. The Morgan fingerprint density at radius 1 is 1.00 bits per heavy atom. The van der Waals surface area contributed by atoms with Crippen molar-refractivity contribution >= 4 is 46.8 Å². The maximum absolute atomic E-state index is 12.2. The molecule has 0 radical (unpaired) electrons. The molecule has 0 spiro atoms. The van der Waals surface area contributed by atoms with Gasteiger partial charge in [0.15, 0.2) is 0 Å². The number of ether oxygens (including phenoxy) is 1. The lowest BCUT2D eigenvalue weighted by molar-refractivity contribution is -0.141. The fourth-order valence-corrected chi connectivity index (χ4v) is 3.14. The van der Waals surface area contributed by atoms with Crippen molar-refractivity contribution in [3.05, 3.63) is 65.2 Å². The van der Waals surface area contributed by atoms with E-state index in [9.17, 15) is 14.4 Å². The highest BCUT2D eigenvalue weighted by molar-refractivity contribution is 8.00. The maximum atomic E-state index is 12.2. The van der Waals surface area contributed by atoms with Crippen molar-refractivity contribution in [2.75, 3.05) is 23.9 Å². The van der Waals surface area contributed by atoms with Crippen LogP contribution in [0.3, 0.4) is 0 Å². The Morgan fingerprint density at radius 3 is 2.29 bits per heavy atom. The van der Waals surface area contributed by atoms with Crippen LogP contribution in [0.15, 0.2) is 54.6 Å². The van der Waals surface area contributed by atoms with Gasteiger partial charge in [0.25, 0.3) is 0 Å². The molecule has 2 aromatic carbocycles. The average molecular weight is 421 g/mol. The number of hydrogen-bond donors (Lipinski definition) is 2. The van der Waals surface area contributed by atoms with E-state index in [2.05, 4.69) is 10.6 Å². The van der Waals surface area contributed by atoms with Gasteiger partial charge in [0, 0.05) is 10.7 Å². The first kappa shape index (κ1) is 21.8. The Bertz CT molecular complexity index is 800. The lowest BCUT2D eigenvalue weighted by Crippen LogP contribution is -2.32. The van der Waals surface area contributed by atoms with Crippen molar-refractivity contribution in [3.8, 4) is 0 Å². The standard InChI is InChI=1S/C20H21ClN2O4S/c1-27-20(26)11-17(14-5-3-2-4-6-14)23-19(25)13-28-12-18(24)22-16-9-7-15(21)8-10-16/h2-10,17H,11-13H2,1H3,(H,22,24)(H,23,25)/t17-/m0/s1. The molecule has 0 saturated carbocycles. The summed E-state index contributed by atoms with van der Waals surface area (Å²) in [5, 5.41) is 6.14. The van der Waals surface area contributed by atoms with Gasteiger partial charge >= 0.3 is 5.97 Å². The van der Waals surface area contributed by atoms with Crippen molar-refractivity contribution in [1.29, 1.82) is 0 Å². The van der Waals surface area contributed by atoms with Gasteiger partial charge in [-0.2, -0.15) is 0 Å². The molecule has 0 aliphatic rings. The molecular weight excluding hydrogens is 400 g/mol. The number of thioether (sulfide) groups is 1. The second-order valence-electron chi connectivity index (χ2n) is 5.86. The van der Waals surface area contributed by atoms with Gasteiger partial charge in [-0.3, -0.25) is 14.4 Å². The Hall–Kier alpha value is -2.51. The molecule has 2 amide bonds. The van der Waals surface area contributed by atoms with E-state index in [1.54, 1.807) is 24.3 Å². The smallest absolute Gasteiger partial charge is 0.307 e. The Balaban J connectivity index is 1.81. The zero-order valence-corrected chi connectivity index (χ0v) is 16.9. The van der Waals surface area contributed by atoms with Crippen LogP contribution in [0.25, 0.3) is 0 Å². The van der Waals surface area contributed by atoms with Gasteiger partial charge in [0.05, 0.1) is 31.1 Å². The first-order valence-corrected chi connectivity index (χ1v) is 10.1. The minimum Gasteiger partial charge on any atom is -0.469 e. The third-order valence-corrected chi connectivity index (χ3v) is 4.91. The average Bonchev–Trinajstić information content (AvgIpc) is 2.69. The second-order valence-corrected chi connectivity index (χ2v) is 7.28. The number of esters is 1. The summed E-state index contributed by atoms with van der Waals surface area (Å²) in [6.07, 6.45) is 0.0357. The Labute approximate surface area is 173 Å². The van der Waals surface area contributed by atoms with E-state index in [0.29, 0.717) is 10.7 Å². The van der Waals surface area contributed by atoms with E-state index >= 15 is 0 Å². The molecule has 0 aliphatic carbocycles. The number of carbonyl (C=O) groups excluding carboxylic acids is 3. The fraction of sp³-hybridized carbons (Fsp3) is 0.250. The van der Waals surface area contributed by atoms with Crippen LogP contribution < -0.4 is 10.6 Å². The molecule has 0 heterocycles. The first-order valence-electron chi connectivity index (χ1n) is 8.52. The zero-order chi connectivity index (χ0) is 20.4. The van der Waals surface area contributed by atoms with Crippen LogP contribution in [0.5, 0.6) is 0 Å². The van der Waals surface area contributed by atoms with Crippen LogP contribution in [0.2, 0.25) is 5.02 Å². The number of methoxy groups -OCH3 is 1. The zero-order valence-electron chi connectivity index (χ0n) is 15.3. The van der Waals surface area contributed by atoms with Crippen LogP contribution in [0, 0.1) is 0 Å². The van der Waals surface area contributed by atoms with Crippen molar-refractivity contribution in [2.45, 2.75) is 12.5 Å². The number of halogens is 1. The molecule has 28 heavy (non-hydrogen) atoms. The summed E-state index contributed by atoms with van der Waals surface area (Å²) in [5.74, 6) is -0.665. The first-order chi connectivity index (χ1) is 13.5. The van der Waals surface area contributed by atoms with E-state index in [1.165, 1.54) is 18.9 Å². The van der Waals surface area contributed by atoms with E-state index < -0.39 is 12.0 Å². The van der Waals surface area contributed by atoms with E-state index in [4.69, 9.17) is 16.3 Å². The lowest BCUT2D eigenvalue weighted by atomic mass is 10.0. The molecule has 1 atom stereocenters. The molecule has 2 rings (SSSR count). The molecular formula is C20H21ClN2O4S. The van der Waals surface area contributed by atoms with Crippen LogP contribution in [0.1, 0.15) is 18.0 Å². The largest absolute Gasteiger partial charge is 0.469 e. The third kappa shape index (κ3) is 7.62. The number of benzene rings is 2. The highest BCUT2D eigenvalue weighted by atomic mass is 35.5. The van der Waals surface area contributed by atoms with Crippen molar-refractivity contribution < 1.29 is 19.1 Å². The van der Waals surface area contributed by atoms with Crippen LogP contribution in [0.4, 0.5) is 5.69 Å². The molecule has 148 valence electrons. The minimum absolute atomic E-state index is 0.0357. The van der Waals surface area contributed by atoms with Gasteiger partial charge in [-0.25, -0.2) is 0 Å². The van der Waals surface area contributed by atoms with Gasteiger partial charge in [-0.05, 0) is 29.8 Å². The molecule has 0 saturated heterocycles. The number of carbonyl (C=O) groups is 3. The highest BCUT2D eigenvalue weighted by Gasteiger charge is 2.19. The molecule has 0 fully saturated rings. The Kier molecular flexibility index (Phi) is 8.84. The fourth-order valence-electron chi connectivity index (χ4n) is 2.39. The number of hydrogen-bond acceptors (Lipinski definition) is 5. The summed E-state index contributed by atoms with van der Waals surface area (Å²) in [5.41, 5.74) is 1.45. The number of amides is 2. The lowest BCUT2D eigenvalue weighted by Gasteiger charge is -2.18. The number of nitrogens with one attached hydrogen (secondary N) is 2. The summed E-state index contributed by atoms with van der Waals surface area (Å²) in [6, 6.07) is 15.5. The van der Waals surface area contributed by atoms with E-state index in [-0.39, 0.29) is 29.7 Å². The maximum Gasteiger partial charge on any atom is 0.307 e. The highest BCUT2D eigenvalue weighted by Crippen LogP contribution is 2.18. The number of anilines is 1. The molecule has 0 unspecified atom stereocenters. The Morgan fingerprint density at radius 2 is 1.64 bits per heavy atom. The molecule has 6 nitrogen and oxygen atoms in total. The van der Waals surface area contributed by atoms with Gasteiger partial charge in [0.2, 0.25) is 11.8 Å². The van der Waals surface area contributed by atoms with Crippen molar-refractivity contribution in [2.24, 2.45) is 0 Å². The minimum atomic E-state index is -0.482. The van der Waals surface area contributed by atoms with Crippen molar-refractivity contribution in [3.63, 3.8) is 0 Å². The topological polar surface area (TPSA) is 84.5 Å². The molecule has 0 aromatic heterocycles. The quantitative estimate of drug-likeness (QED) is 0.607. The van der Waals surface area contributed by atoms with Gasteiger partial charge in [-0.15, -0.1) is 11.8 Å². The monoisotopic (exact) mass is 420 g/mol. The molecule has 8 heteroatoms. The second kappa shape index (κ2) is 11.4. The van der Waals surface area contributed by atoms with Gasteiger partial charge < -0.3 is 15.4 Å². The predicted molar refractivity (Wildman–Crippen MR) is 111 cm³/mol. The predicted octanol–water partition coefficient (Wildman–Crippen LogP) is 3.43. The summed E-state index contributed by atoms with van der Waals surface area (Å²) in [4.78, 5) is 35.8. The van der Waals surface area contributed by atoms with Gasteiger partial charge in [-0.1, -0.05) is 41.9 Å². The third-order valence-electron chi connectivity index (χ3n) is 3.73. The van der Waals surface area contributed by atoms with Crippen molar-refractivity contribution in [1.82, 2.24) is 5.32 Å². The summed E-state index contributed by atoms with van der Waals surface area (Å²) < 4.78 is 4.70. The summed E-state index contributed by atoms with van der Waals surface area (Å²) >= 11 is 6.99. The van der Waals surface area contributed by atoms with Crippen LogP contribution in [-0.4, -0.2) is 36.4 Å². The van der Waals surface area contributed by atoms with Crippen LogP contribution in [-0.2, 0) is 19.1 Å². The molecule has 2 aromatic rings. The normalized spacial score (nSPS) is 11.4. The molecule has 0 aliphatic heterocycles. The van der Waals surface area contributed by atoms with Crippen LogP contribution >= 0.6 is 23.4 Å². The van der Waals surface area contributed by atoms with E-state index in [0.717, 1.165) is 5.56 Å². The molecule has 0 bridgehead atoms. The number of rotatable bonds is 9. The summed E-state index contributed by atoms with van der Waals surface area (Å²) in [6.45, 7) is 0. The van der Waals surface area contributed by atoms with E-state index in [1.807, 2.05) is 30.3 Å². The summed E-state index contributed by atoms with van der Waals surface area (Å²) in [7, 11) is 1.31. The SMILES string of the molecule is COC(=O)C[C@H](NC(=O)CSCC(=O)Nc1ccc(Cl)cc1)c1ccccc1. The van der Waals surface area contributed by atoms with Gasteiger partial charge in [0.1, 0.15) is 0 Å².